The SMILES string of the molecule is CC(=O)N[C@@H](CCCCN=C(N)NS(=O)(=O)c1c(C)c(C)c2c(c1C)CC(C)(C)O2)C(=O)O. The highest BCUT2D eigenvalue weighted by atomic mass is 32.2. The Morgan fingerprint density at radius 1 is 1.18 bits per heavy atom. The van der Waals surface area contributed by atoms with E-state index in [0.717, 1.165) is 16.9 Å². The quantitative estimate of drug-likeness (QED) is 0.237. The number of unbranched alkanes of at least 4 members (excludes halogenated alkanes) is 1. The molecule has 1 aromatic carbocycles. The Balaban J connectivity index is 2.08. The van der Waals surface area contributed by atoms with Crippen LogP contribution in [0.3, 0.4) is 0 Å². The maximum atomic E-state index is 13.1. The van der Waals surface area contributed by atoms with Crippen molar-refractivity contribution in [2.24, 2.45) is 10.7 Å². The number of guanidine groups is 1. The van der Waals surface area contributed by atoms with Crippen molar-refractivity contribution in [1.82, 2.24) is 10.0 Å². The molecule has 0 saturated carbocycles. The first-order chi connectivity index (χ1) is 15.2. The molecular formula is C22H34N4O6S. The first-order valence-electron chi connectivity index (χ1n) is 10.8. The molecule has 0 radical (unpaired) electrons. The molecule has 1 atom stereocenters. The number of amides is 1. The van der Waals surface area contributed by atoms with Crippen molar-refractivity contribution >= 4 is 27.9 Å². The van der Waals surface area contributed by atoms with Crippen molar-refractivity contribution in [1.29, 1.82) is 0 Å². The molecule has 2 rings (SSSR count). The summed E-state index contributed by atoms with van der Waals surface area (Å²) >= 11 is 0. The van der Waals surface area contributed by atoms with Gasteiger partial charge in [-0.3, -0.25) is 9.79 Å². The van der Waals surface area contributed by atoms with E-state index < -0.39 is 33.5 Å². The molecule has 0 aromatic heterocycles. The van der Waals surface area contributed by atoms with E-state index in [1.54, 1.807) is 13.8 Å². The molecule has 1 aromatic rings. The lowest BCUT2D eigenvalue weighted by Gasteiger charge is -2.19. The Bertz CT molecular complexity index is 1080. The molecule has 33 heavy (non-hydrogen) atoms. The Kier molecular flexibility index (Phi) is 8.00. The van der Waals surface area contributed by atoms with Crippen LogP contribution in [0, 0.1) is 20.8 Å². The highest BCUT2D eigenvalue weighted by molar-refractivity contribution is 7.90. The maximum absolute atomic E-state index is 13.1. The van der Waals surface area contributed by atoms with Crippen LogP contribution in [0.15, 0.2) is 9.89 Å². The van der Waals surface area contributed by atoms with Crippen molar-refractivity contribution in [3.8, 4) is 5.75 Å². The van der Waals surface area contributed by atoms with Gasteiger partial charge >= 0.3 is 5.97 Å². The minimum absolute atomic E-state index is 0.179. The van der Waals surface area contributed by atoms with Crippen molar-refractivity contribution in [2.45, 2.75) is 83.8 Å². The van der Waals surface area contributed by atoms with Crippen LogP contribution in [-0.2, 0) is 26.0 Å². The third kappa shape index (κ3) is 6.37. The molecule has 1 amide bonds. The predicted octanol–water partition coefficient (Wildman–Crippen LogP) is 1.68. The van der Waals surface area contributed by atoms with Crippen LogP contribution in [0.4, 0.5) is 0 Å². The van der Waals surface area contributed by atoms with Crippen LogP contribution in [0.5, 0.6) is 5.75 Å². The van der Waals surface area contributed by atoms with E-state index in [0.29, 0.717) is 30.4 Å². The minimum Gasteiger partial charge on any atom is -0.487 e. The van der Waals surface area contributed by atoms with Crippen molar-refractivity contribution < 1.29 is 27.9 Å². The van der Waals surface area contributed by atoms with Gasteiger partial charge in [0.05, 0.1) is 4.90 Å². The summed E-state index contributed by atoms with van der Waals surface area (Å²) in [4.78, 5) is 26.4. The van der Waals surface area contributed by atoms with Crippen LogP contribution < -0.4 is 20.5 Å². The largest absolute Gasteiger partial charge is 0.487 e. The Morgan fingerprint density at radius 3 is 2.39 bits per heavy atom. The molecule has 1 heterocycles. The Hall–Kier alpha value is -2.82. The summed E-state index contributed by atoms with van der Waals surface area (Å²) in [5.74, 6) is -1.01. The fourth-order valence-electron chi connectivity index (χ4n) is 4.03. The zero-order valence-electron chi connectivity index (χ0n) is 20.0. The number of rotatable bonds is 9. The van der Waals surface area contributed by atoms with E-state index in [4.69, 9.17) is 15.6 Å². The van der Waals surface area contributed by atoms with Gasteiger partial charge in [0, 0.05) is 25.5 Å². The van der Waals surface area contributed by atoms with Crippen molar-refractivity contribution in [2.75, 3.05) is 6.54 Å². The monoisotopic (exact) mass is 482 g/mol. The zero-order chi connectivity index (χ0) is 25.1. The summed E-state index contributed by atoms with van der Waals surface area (Å²) in [5, 5.41) is 11.5. The number of nitrogens with one attached hydrogen (secondary N) is 2. The molecule has 0 spiro atoms. The Morgan fingerprint density at radius 2 is 1.82 bits per heavy atom. The molecule has 0 bridgehead atoms. The summed E-state index contributed by atoms with van der Waals surface area (Å²) in [6, 6.07) is -0.967. The number of sulfonamides is 1. The first kappa shape index (κ1) is 26.4. The van der Waals surface area contributed by atoms with E-state index >= 15 is 0 Å². The van der Waals surface area contributed by atoms with Crippen molar-refractivity contribution in [3.05, 3.63) is 22.3 Å². The molecule has 0 unspecified atom stereocenters. The first-order valence-corrected chi connectivity index (χ1v) is 12.3. The molecule has 11 heteroatoms. The number of benzene rings is 1. The minimum atomic E-state index is -3.97. The highest BCUT2D eigenvalue weighted by Gasteiger charge is 2.36. The summed E-state index contributed by atoms with van der Waals surface area (Å²) < 4.78 is 34.7. The van der Waals surface area contributed by atoms with Gasteiger partial charge in [0.2, 0.25) is 11.9 Å². The lowest BCUT2D eigenvalue weighted by Crippen LogP contribution is -2.39. The van der Waals surface area contributed by atoms with E-state index in [1.807, 2.05) is 20.8 Å². The molecule has 5 N–H and O–H groups in total. The second-order valence-electron chi connectivity index (χ2n) is 9.01. The molecular weight excluding hydrogens is 448 g/mol. The number of carboxylic acid groups (broad SMARTS) is 1. The average Bonchev–Trinajstić information content (AvgIpc) is 3.00. The van der Waals surface area contributed by atoms with Gasteiger partial charge in [-0.15, -0.1) is 0 Å². The standard InChI is InChI=1S/C22H34N4O6S/c1-12-13(2)19(14(3)16-11-22(5,6)32-18(12)16)33(30,31)26-21(23)24-10-8-7-9-17(20(28)29)25-15(4)27/h17H,7-11H2,1-6H3,(H,25,27)(H,28,29)(H3,23,24,26)/t17-/m0/s1. The van der Waals surface area contributed by atoms with Gasteiger partial charge in [-0.25, -0.2) is 17.9 Å². The number of aliphatic imine (C=N–C) groups is 1. The van der Waals surface area contributed by atoms with Crippen LogP contribution in [0.25, 0.3) is 0 Å². The van der Waals surface area contributed by atoms with E-state index in [2.05, 4.69) is 15.0 Å². The van der Waals surface area contributed by atoms with Gasteiger partial charge in [0.1, 0.15) is 17.4 Å². The smallest absolute Gasteiger partial charge is 0.326 e. The number of carboxylic acids is 1. The third-order valence-electron chi connectivity index (χ3n) is 5.66. The normalized spacial score (nSPS) is 16.0. The van der Waals surface area contributed by atoms with Gasteiger partial charge in [0.15, 0.2) is 0 Å². The van der Waals surface area contributed by atoms with Gasteiger partial charge in [-0.1, -0.05) is 0 Å². The number of fused-ring (bicyclic) bond motifs is 1. The number of hydrogen-bond acceptors (Lipinski definition) is 6. The van der Waals surface area contributed by atoms with Gasteiger partial charge < -0.3 is 20.9 Å². The van der Waals surface area contributed by atoms with Gasteiger partial charge in [0.25, 0.3) is 10.0 Å². The third-order valence-corrected chi connectivity index (χ3v) is 7.29. The summed E-state index contributed by atoms with van der Waals surface area (Å²) in [6.07, 6.45) is 1.80. The maximum Gasteiger partial charge on any atom is 0.326 e. The van der Waals surface area contributed by atoms with Gasteiger partial charge in [-0.05, 0) is 70.6 Å². The molecule has 0 saturated heterocycles. The lowest BCUT2D eigenvalue weighted by atomic mass is 9.94. The second-order valence-corrected chi connectivity index (χ2v) is 10.6. The van der Waals surface area contributed by atoms with Crippen molar-refractivity contribution in [3.63, 3.8) is 0 Å². The van der Waals surface area contributed by atoms with E-state index in [-0.39, 0.29) is 23.8 Å². The summed E-state index contributed by atoms with van der Waals surface area (Å²) in [7, 11) is -3.97. The number of carbonyl (C=O) groups is 2. The molecule has 1 aliphatic rings. The van der Waals surface area contributed by atoms with E-state index in [1.165, 1.54) is 6.92 Å². The molecule has 0 aliphatic carbocycles. The molecule has 184 valence electrons. The molecule has 0 fully saturated rings. The van der Waals surface area contributed by atoms with Gasteiger partial charge in [-0.2, -0.15) is 0 Å². The average molecular weight is 483 g/mol. The second kappa shape index (κ2) is 9.98. The van der Waals surface area contributed by atoms with Crippen LogP contribution in [-0.4, -0.2) is 49.5 Å². The number of nitrogens with two attached hydrogens (primary N) is 1. The van der Waals surface area contributed by atoms with Crippen LogP contribution >= 0.6 is 0 Å². The highest BCUT2D eigenvalue weighted by Crippen LogP contribution is 2.43. The fraction of sp³-hybridized carbons (Fsp3) is 0.591. The number of aliphatic carboxylic acids is 1. The van der Waals surface area contributed by atoms with Crippen LogP contribution in [0.1, 0.15) is 62.3 Å². The molecule has 10 nitrogen and oxygen atoms in total. The number of nitrogens with zero attached hydrogens (tertiary/aromatic N) is 1. The number of carbonyl (C=O) groups excluding carboxylic acids is 1. The number of ether oxygens (including phenoxy) is 1. The lowest BCUT2D eigenvalue weighted by molar-refractivity contribution is -0.141. The summed E-state index contributed by atoms with van der Waals surface area (Å²) in [6.45, 7) is 10.8. The topological polar surface area (TPSA) is 160 Å². The summed E-state index contributed by atoms with van der Waals surface area (Å²) in [5.41, 5.74) is 8.33. The zero-order valence-corrected chi connectivity index (χ0v) is 20.9. The predicted molar refractivity (Wildman–Crippen MR) is 125 cm³/mol. The fourth-order valence-corrected chi connectivity index (χ4v) is 5.56. The van der Waals surface area contributed by atoms with Crippen LogP contribution in [0.2, 0.25) is 0 Å². The molecule has 1 aliphatic heterocycles. The number of hydrogen-bond donors (Lipinski definition) is 4. The Labute approximate surface area is 195 Å². The van der Waals surface area contributed by atoms with E-state index in [9.17, 15) is 18.0 Å².